The second-order valence-electron chi connectivity index (χ2n) is 6.89. The van der Waals surface area contributed by atoms with Crippen molar-refractivity contribution in [2.75, 3.05) is 6.61 Å². The fourth-order valence-electron chi connectivity index (χ4n) is 3.24. The molecule has 1 aliphatic heterocycles. The molecule has 1 N–H and O–H groups in total. The molecule has 0 aromatic heterocycles. The first kappa shape index (κ1) is 20.3. The zero-order chi connectivity index (χ0) is 19.8. The summed E-state index contributed by atoms with van der Waals surface area (Å²) in [5.41, 5.74) is 10.9. The monoisotopic (exact) mass is 383 g/mol. The van der Waals surface area contributed by atoms with E-state index in [4.69, 9.17) is 19.7 Å². The van der Waals surface area contributed by atoms with Crippen LogP contribution in [0, 0.1) is 5.92 Å². The number of rotatable bonds is 8. The lowest BCUT2D eigenvalue weighted by atomic mass is 9.89. The molecule has 2 unspecified atom stereocenters. The van der Waals surface area contributed by atoms with Gasteiger partial charge in [0.1, 0.15) is 6.10 Å². The molecule has 7 nitrogen and oxygen atoms in total. The van der Waals surface area contributed by atoms with E-state index >= 15 is 0 Å². The van der Waals surface area contributed by atoms with Crippen LogP contribution in [-0.2, 0) is 27.4 Å². The molecule has 0 amide bonds. The quantitative estimate of drug-likeness (QED) is 0.426. The summed E-state index contributed by atoms with van der Waals surface area (Å²) < 4.78 is 17.6. The molecule has 148 valence electrons. The van der Waals surface area contributed by atoms with Crippen molar-refractivity contribution in [3.05, 3.63) is 82.2 Å². The number of benzene rings is 2. The number of ether oxygens (including phenoxy) is 3. The van der Waals surface area contributed by atoms with E-state index in [1.807, 2.05) is 67.6 Å². The number of hydrogen-bond acceptors (Lipinski definition) is 5. The summed E-state index contributed by atoms with van der Waals surface area (Å²) in [6.07, 6.45) is -2.13. The first-order valence-electron chi connectivity index (χ1n) is 9.34. The highest BCUT2D eigenvalue weighted by atomic mass is 16.7. The largest absolute Gasteiger partial charge is 0.390 e. The van der Waals surface area contributed by atoms with Crippen molar-refractivity contribution in [3.63, 3.8) is 0 Å². The lowest BCUT2D eigenvalue weighted by Crippen LogP contribution is -2.54. The molecule has 0 radical (unpaired) electrons. The third-order valence-corrected chi connectivity index (χ3v) is 4.88. The summed E-state index contributed by atoms with van der Waals surface area (Å²) in [7, 11) is 0. The first-order valence-corrected chi connectivity index (χ1v) is 9.34. The van der Waals surface area contributed by atoms with Gasteiger partial charge in [-0.05, 0) is 22.6 Å². The van der Waals surface area contributed by atoms with Gasteiger partial charge in [-0.15, -0.1) is 0 Å². The molecule has 5 atom stereocenters. The van der Waals surface area contributed by atoms with Gasteiger partial charge in [0.15, 0.2) is 6.29 Å². The summed E-state index contributed by atoms with van der Waals surface area (Å²) in [6.45, 7) is 2.80. The smallest absolute Gasteiger partial charge is 0.167 e. The zero-order valence-electron chi connectivity index (χ0n) is 15.8. The van der Waals surface area contributed by atoms with Crippen molar-refractivity contribution >= 4 is 0 Å². The molecule has 2 aromatic rings. The Bertz CT molecular complexity index is 768. The van der Waals surface area contributed by atoms with Gasteiger partial charge in [-0.3, -0.25) is 0 Å². The predicted molar refractivity (Wildman–Crippen MR) is 104 cm³/mol. The van der Waals surface area contributed by atoms with Crippen LogP contribution in [0.25, 0.3) is 10.4 Å². The van der Waals surface area contributed by atoms with Gasteiger partial charge < -0.3 is 19.3 Å². The molecule has 0 aliphatic carbocycles. The summed E-state index contributed by atoms with van der Waals surface area (Å²) >= 11 is 0. The molecule has 2 aromatic carbocycles. The molecule has 1 fully saturated rings. The van der Waals surface area contributed by atoms with Crippen molar-refractivity contribution < 1.29 is 19.3 Å². The van der Waals surface area contributed by atoms with Gasteiger partial charge >= 0.3 is 0 Å². The molecular weight excluding hydrogens is 358 g/mol. The number of aliphatic hydroxyl groups excluding tert-OH is 1. The number of hydrogen-bond donors (Lipinski definition) is 1. The zero-order valence-corrected chi connectivity index (χ0v) is 15.8. The second kappa shape index (κ2) is 10.2. The molecule has 1 heterocycles. The second-order valence-corrected chi connectivity index (χ2v) is 6.89. The lowest BCUT2D eigenvalue weighted by Gasteiger charge is -2.41. The van der Waals surface area contributed by atoms with E-state index in [-0.39, 0.29) is 12.5 Å². The summed E-state index contributed by atoms with van der Waals surface area (Å²) in [6, 6.07) is 18.9. The van der Waals surface area contributed by atoms with E-state index in [2.05, 4.69) is 10.0 Å². The van der Waals surface area contributed by atoms with E-state index in [1.165, 1.54) is 0 Å². The van der Waals surface area contributed by atoms with Crippen LogP contribution in [0.2, 0.25) is 0 Å². The van der Waals surface area contributed by atoms with Crippen LogP contribution in [0.4, 0.5) is 0 Å². The Kier molecular flexibility index (Phi) is 7.42. The van der Waals surface area contributed by atoms with E-state index in [9.17, 15) is 5.11 Å². The molecule has 0 saturated carbocycles. The van der Waals surface area contributed by atoms with Crippen molar-refractivity contribution in [1.82, 2.24) is 0 Å². The van der Waals surface area contributed by atoms with E-state index in [0.717, 1.165) is 11.1 Å². The molecule has 1 aliphatic rings. The average Bonchev–Trinajstić information content (AvgIpc) is 2.74. The van der Waals surface area contributed by atoms with Crippen LogP contribution in [-0.4, -0.2) is 36.3 Å². The average molecular weight is 383 g/mol. The summed E-state index contributed by atoms with van der Waals surface area (Å²) in [5.74, 6) is -0.323. The third-order valence-electron chi connectivity index (χ3n) is 4.88. The number of azide groups is 1. The van der Waals surface area contributed by atoms with Crippen LogP contribution >= 0.6 is 0 Å². The fraction of sp³-hybridized carbons (Fsp3) is 0.429. The normalized spacial score (nSPS) is 27.1. The van der Waals surface area contributed by atoms with Crippen LogP contribution < -0.4 is 0 Å². The van der Waals surface area contributed by atoms with Crippen LogP contribution in [0.15, 0.2) is 65.8 Å². The third kappa shape index (κ3) is 5.32. The molecule has 0 spiro atoms. The van der Waals surface area contributed by atoms with Crippen LogP contribution in [0.1, 0.15) is 18.1 Å². The van der Waals surface area contributed by atoms with Crippen molar-refractivity contribution in [2.24, 2.45) is 11.0 Å². The molecule has 3 rings (SSSR count). The maximum Gasteiger partial charge on any atom is 0.167 e. The Morgan fingerprint density at radius 3 is 2.25 bits per heavy atom. The van der Waals surface area contributed by atoms with Crippen molar-refractivity contribution in [2.45, 2.75) is 44.7 Å². The van der Waals surface area contributed by atoms with Gasteiger partial charge in [0.2, 0.25) is 0 Å². The number of aliphatic hydroxyl groups is 1. The highest BCUT2D eigenvalue weighted by Crippen LogP contribution is 2.30. The minimum Gasteiger partial charge on any atom is -0.390 e. The van der Waals surface area contributed by atoms with E-state index < -0.39 is 24.5 Å². The van der Waals surface area contributed by atoms with Crippen molar-refractivity contribution in [1.29, 1.82) is 0 Å². The van der Waals surface area contributed by atoms with Crippen LogP contribution in [0.3, 0.4) is 0 Å². The standard InChI is InChI=1S/C21H25N3O4/c1-15-19(23-24-22)21(27-13-17-10-6-3-7-11-17)28-18(20(15)25)14-26-12-16-8-4-2-5-9-16/h2-11,15,18-21,25H,12-14H2,1H3/t15-,18?,19?,20+,21-/m1/s1. The van der Waals surface area contributed by atoms with Gasteiger partial charge in [-0.1, -0.05) is 72.7 Å². The molecule has 28 heavy (non-hydrogen) atoms. The van der Waals surface area contributed by atoms with Gasteiger partial charge in [0, 0.05) is 4.91 Å². The van der Waals surface area contributed by atoms with Crippen LogP contribution in [0.5, 0.6) is 0 Å². The minimum absolute atomic E-state index is 0.217. The fourth-order valence-corrected chi connectivity index (χ4v) is 3.24. The molecule has 1 saturated heterocycles. The lowest BCUT2D eigenvalue weighted by molar-refractivity contribution is -0.259. The van der Waals surface area contributed by atoms with E-state index in [1.54, 1.807) is 0 Å². The van der Waals surface area contributed by atoms with Gasteiger partial charge in [0.05, 0.1) is 32.0 Å². The predicted octanol–water partition coefficient (Wildman–Crippen LogP) is 3.82. The van der Waals surface area contributed by atoms with E-state index in [0.29, 0.717) is 13.2 Å². The Morgan fingerprint density at radius 2 is 1.64 bits per heavy atom. The molecular formula is C21H25N3O4. The summed E-state index contributed by atoms with van der Waals surface area (Å²) in [5, 5.41) is 14.4. The molecule has 0 bridgehead atoms. The Morgan fingerprint density at radius 1 is 1.04 bits per heavy atom. The highest BCUT2D eigenvalue weighted by molar-refractivity contribution is 5.14. The van der Waals surface area contributed by atoms with Gasteiger partial charge in [-0.2, -0.15) is 0 Å². The molecule has 7 heteroatoms. The number of nitrogens with zero attached hydrogens (tertiary/aromatic N) is 3. The summed E-state index contributed by atoms with van der Waals surface area (Å²) in [4.78, 5) is 2.90. The SMILES string of the molecule is C[C@@H]1C(N=[N+]=[N-])[C@H](OCc2ccccc2)OC(COCc2ccccc2)[C@H]1O. The highest BCUT2D eigenvalue weighted by Gasteiger charge is 2.43. The minimum atomic E-state index is -0.817. The Labute approximate surface area is 164 Å². The maximum absolute atomic E-state index is 10.6. The Balaban J connectivity index is 1.62. The topological polar surface area (TPSA) is 96.7 Å². The Hall–Kier alpha value is -2.41. The van der Waals surface area contributed by atoms with Gasteiger partial charge in [0.25, 0.3) is 0 Å². The first-order chi connectivity index (χ1) is 13.7. The maximum atomic E-state index is 10.6. The van der Waals surface area contributed by atoms with Crippen molar-refractivity contribution in [3.8, 4) is 0 Å². The van der Waals surface area contributed by atoms with Gasteiger partial charge in [-0.25, -0.2) is 0 Å².